The van der Waals surface area contributed by atoms with Crippen LogP contribution < -0.4 is 15.0 Å². The van der Waals surface area contributed by atoms with Crippen LogP contribution in [0.4, 0.5) is 10.1 Å². The highest BCUT2D eigenvalue weighted by molar-refractivity contribution is 7.89. The lowest BCUT2D eigenvalue weighted by Crippen LogP contribution is -2.53. The molecule has 0 aliphatic carbocycles. The standard InChI is InChI=1S/C28H28FN3O5S/c29-22-12-14-23(15-13-22)38(35,36)31-16-6-9-21(18-31)28(34)32-19-26(37-25-11-5-4-10-24(25)32)27(33)30-17-20-7-2-1-3-8-20/h1-5,7-8,10-15,21,26H,6,9,16-19H2,(H,30,33). The van der Waals surface area contributed by atoms with Gasteiger partial charge >= 0.3 is 0 Å². The SMILES string of the molecule is O=C(NCc1ccccc1)C1CN(C(=O)C2CCCN(S(=O)(=O)c3ccc(F)cc3)C2)c2ccccc2O1. The van der Waals surface area contributed by atoms with Gasteiger partial charge in [0, 0.05) is 19.6 Å². The summed E-state index contributed by atoms with van der Waals surface area (Å²) >= 11 is 0. The van der Waals surface area contributed by atoms with Crippen LogP contribution in [0, 0.1) is 11.7 Å². The number of anilines is 1. The van der Waals surface area contributed by atoms with Crippen LogP contribution in [-0.2, 0) is 26.2 Å². The molecule has 10 heteroatoms. The fraction of sp³-hybridized carbons (Fsp3) is 0.286. The van der Waals surface area contributed by atoms with Crippen molar-refractivity contribution in [1.29, 1.82) is 0 Å². The number of ether oxygens (including phenoxy) is 1. The van der Waals surface area contributed by atoms with E-state index in [1.807, 2.05) is 30.3 Å². The molecule has 2 heterocycles. The molecule has 2 aliphatic heterocycles. The first-order chi connectivity index (χ1) is 18.3. The van der Waals surface area contributed by atoms with Crippen molar-refractivity contribution in [1.82, 2.24) is 9.62 Å². The van der Waals surface area contributed by atoms with Crippen molar-refractivity contribution in [3.63, 3.8) is 0 Å². The molecular weight excluding hydrogens is 509 g/mol. The molecule has 198 valence electrons. The first-order valence-corrected chi connectivity index (χ1v) is 13.9. The van der Waals surface area contributed by atoms with Gasteiger partial charge in [0.15, 0.2) is 6.10 Å². The van der Waals surface area contributed by atoms with Crippen LogP contribution in [0.3, 0.4) is 0 Å². The van der Waals surface area contributed by atoms with E-state index < -0.39 is 27.9 Å². The van der Waals surface area contributed by atoms with Gasteiger partial charge < -0.3 is 15.0 Å². The van der Waals surface area contributed by atoms with E-state index in [2.05, 4.69) is 5.32 Å². The molecule has 0 saturated carbocycles. The molecule has 2 atom stereocenters. The Morgan fingerprint density at radius 1 is 0.947 bits per heavy atom. The van der Waals surface area contributed by atoms with Crippen molar-refractivity contribution in [2.24, 2.45) is 5.92 Å². The second-order valence-electron chi connectivity index (χ2n) is 9.38. The Kier molecular flexibility index (Phi) is 7.44. The van der Waals surface area contributed by atoms with Crippen LogP contribution in [0.1, 0.15) is 18.4 Å². The maximum Gasteiger partial charge on any atom is 0.263 e. The molecule has 1 fully saturated rings. The molecule has 2 amide bonds. The quantitative estimate of drug-likeness (QED) is 0.521. The van der Waals surface area contributed by atoms with E-state index in [0.717, 1.165) is 17.7 Å². The highest BCUT2D eigenvalue weighted by atomic mass is 32.2. The predicted molar refractivity (Wildman–Crippen MR) is 139 cm³/mol. The van der Waals surface area contributed by atoms with Crippen molar-refractivity contribution in [3.8, 4) is 5.75 Å². The van der Waals surface area contributed by atoms with Gasteiger partial charge in [-0.15, -0.1) is 0 Å². The first-order valence-electron chi connectivity index (χ1n) is 12.5. The minimum absolute atomic E-state index is 0.00291. The van der Waals surface area contributed by atoms with Crippen molar-refractivity contribution in [2.75, 3.05) is 24.5 Å². The lowest BCUT2D eigenvalue weighted by molar-refractivity contribution is -0.129. The average Bonchev–Trinajstić information content (AvgIpc) is 2.95. The lowest BCUT2D eigenvalue weighted by Gasteiger charge is -2.38. The van der Waals surface area contributed by atoms with Crippen LogP contribution in [0.15, 0.2) is 83.8 Å². The number of hydrogen-bond acceptors (Lipinski definition) is 5. The van der Waals surface area contributed by atoms with Gasteiger partial charge in [-0.05, 0) is 54.8 Å². The lowest BCUT2D eigenvalue weighted by atomic mass is 9.97. The number of amides is 2. The van der Waals surface area contributed by atoms with E-state index in [0.29, 0.717) is 30.8 Å². The Bertz CT molecular complexity index is 1420. The molecule has 2 aliphatic rings. The zero-order valence-electron chi connectivity index (χ0n) is 20.6. The smallest absolute Gasteiger partial charge is 0.263 e. The molecule has 2 unspecified atom stereocenters. The van der Waals surface area contributed by atoms with Crippen LogP contribution in [0.25, 0.3) is 0 Å². The van der Waals surface area contributed by atoms with Crippen LogP contribution in [0.2, 0.25) is 0 Å². The predicted octanol–water partition coefficient (Wildman–Crippen LogP) is 3.34. The summed E-state index contributed by atoms with van der Waals surface area (Å²) in [6, 6.07) is 21.2. The second-order valence-corrected chi connectivity index (χ2v) is 11.3. The number of hydrogen-bond donors (Lipinski definition) is 1. The van der Waals surface area contributed by atoms with Crippen LogP contribution in [0.5, 0.6) is 5.75 Å². The third-order valence-corrected chi connectivity index (χ3v) is 8.71. The fourth-order valence-electron chi connectivity index (χ4n) is 4.82. The third-order valence-electron chi connectivity index (χ3n) is 6.83. The summed E-state index contributed by atoms with van der Waals surface area (Å²) in [5, 5.41) is 2.87. The number of piperidine rings is 1. The summed E-state index contributed by atoms with van der Waals surface area (Å²) in [5.41, 5.74) is 1.48. The minimum atomic E-state index is -3.89. The van der Waals surface area contributed by atoms with Crippen molar-refractivity contribution in [3.05, 3.63) is 90.2 Å². The number of nitrogens with one attached hydrogen (secondary N) is 1. The molecule has 5 rings (SSSR count). The van der Waals surface area contributed by atoms with E-state index in [1.165, 1.54) is 21.3 Å². The zero-order valence-corrected chi connectivity index (χ0v) is 21.4. The fourth-order valence-corrected chi connectivity index (χ4v) is 6.34. The number of halogens is 1. The molecule has 0 radical (unpaired) electrons. The Morgan fingerprint density at radius 2 is 1.66 bits per heavy atom. The molecule has 8 nitrogen and oxygen atoms in total. The van der Waals surface area contributed by atoms with Gasteiger partial charge in [-0.1, -0.05) is 42.5 Å². The van der Waals surface area contributed by atoms with E-state index in [-0.39, 0.29) is 36.3 Å². The number of carbonyl (C=O) groups excluding carboxylic acids is 2. The first kappa shape index (κ1) is 25.9. The molecule has 0 bridgehead atoms. The molecule has 3 aromatic rings. The summed E-state index contributed by atoms with van der Waals surface area (Å²) in [5.74, 6) is -1.31. The van der Waals surface area contributed by atoms with Gasteiger partial charge in [0.2, 0.25) is 15.9 Å². The molecule has 1 N–H and O–H groups in total. The number of sulfonamides is 1. The van der Waals surface area contributed by atoms with Gasteiger partial charge in [-0.25, -0.2) is 12.8 Å². The maximum absolute atomic E-state index is 13.8. The van der Waals surface area contributed by atoms with Gasteiger partial charge in [0.05, 0.1) is 23.0 Å². The number of nitrogens with zero attached hydrogens (tertiary/aromatic N) is 2. The van der Waals surface area contributed by atoms with Gasteiger partial charge in [0.1, 0.15) is 11.6 Å². The largest absolute Gasteiger partial charge is 0.477 e. The van der Waals surface area contributed by atoms with E-state index >= 15 is 0 Å². The van der Waals surface area contributed by atoms with E-state index in [4.69, 9.17) is 4.74 Å². The summed E-state index contributed by atoms with van der Waals surface area (Å²) in [4.78, 5) is 28.3. The summed E-state index contributed by atoms with van der Waals surface area (Å²) in [7, 11) is -3.89. The Balaban J connectivity index is 1.32. The van der Waals surface area contributed by atoms with Gasteiger partial charge in [-0.3, -0.25) is 9.59 Å². The summed E-state index contributed by atoms with van der Waals surface area (Å²) < 4.78 is 46.9. The maximum atomic E-state index is 13.8. The molecule has 0 spiro atoms. The highest BCUT2D eigenvalue weighted by Crippen LogP contribution is 2.35. The zero-order chi connectivity index (χ0) is 26.7. The summed E-state index contributed by atoms with van der Waals surface area (Å²) in [6.45, 7) is 0.613. The van der Waals surface area contributed by atoms with E-state index in [9.17, 15) is 22.4 Å². The molecule has 0 aromatic heterocycles. The van der Waals surface area contributed by atoms with Gasteiger partial charge in [-0.2, -0.15) is 4.31 Å². The number of benzene rings is 3. The third kappa shape index (κ3) is 5.41. The van der Waals surface area contributed by atoms with Crippen molar-refractivity contribution in [2.45, 2.75) is 30.4 Å². The number of para-hydroxylation sites is 2. The normalized spacial score (nSPS) is 19.8. The van der Waals surface area contributed by atoms with Crippen molar-refractivity contribution >= 4 is 27.5 Å². The Morgan fingerprint density at radius 3 is 2.42 bits per heavy atom. The van der Waals surface area contributed by atoms with Crippen LogP contribution in [-0.4, -0.2) is 50.3 Å². The number of rotatable bonds is 6. The van der Waals surface area contributed by atoms with Gasteiger partial charge in [0.25, 0.3) is 5.91 Å². The molecule has 1 saturated heterocycles. The van der Waals surface area contributed by atoms with E-state index in [1.54, 1.807) is 24.3 Å². The summed E-state index contributed by atoms with van der Waals surface area (Å²) in [6.07, 6.45) is 0.0999. The Hall–Kier alpha value is -3.76. The minimum Gasteiger partial charge on any atom is -0.477 e. The second kappa shape index (κ2) is 10.9. The molecular formula is C28H28FN3O5S. The highest BCUT2D eigenvalue weighted by Gasteiger charge is 2.39. The Labute approximate surface area is 221 Å². The van der Waals surface area contributed by atoms with Crippen molar-refractivity contribution < 1.29 is 27.1 Å². The monoisotopic (exact) mass is 537 g/mol. The topological polar surface area (TPSA) is 96.0 Å². The molecule has 3 aromatic carbocycles. The number of carbonyl (C=O) groups is 2. The number of fused-ring (bicyclic) bond motifs is 1. The average molecular weight is 538 g/mol. The molecule has 38 heavy (non-hydrogen) atoms. The van der Waals surface area contributed by atoms with Crippen LogP contribution >= 0.6 is 0 Å².